The highest BCUT2D eigenvalue weighted by Crippen LogP contribution is 2.29. The van der Waals surface area contributed by atoms with Crippen LogP contribution in [0.4, 0.5) is 5.69 Å². The molecule has 10 heteroatoms. The number of nitrogens with zero attached hydrogens (tertiary/aromatic N) is 4. The van der Waals surface area contributed by atoms with Crippen molar-refractivity contribution in [3.8, 4) is 11.5 Å². The summed E-state index contributed by atoms with van der Waals surface area (Å²) in [7, 11) is 1.56. The van der Waals surface area contributed by atoms with Crippen LogP contribution in [0.5, 0.6) is 11.5 Å². The van der Waals surface area contributed by atoms with E-state index in [-0.39, 0.29) is 17.9 Å². The number of ether oxygens (including phenoxy) is 2. The minimum absolute atomic E-state index is 0.0932. The molecule has 0 aliphatic rings. The van der Waals surface area contributed by atoms with E-state index in [1.165, 1.54) is 11.6 Å². The van der Waals surface area contributed by atoms with Gasteiger partial charge in [0.15, 0.2) is 11.5 Å². The first-order valence-electron chi connectivity index (χ1n) is 10.6. The van der Waals surface area contributed by atoms with Gasteiger partial charge in [-0.3, -0.25) is 19.6 Å². The minimum Gasteiger partial charge on any atom is -0.493 e. The minimum atomic E-state index is -0.504. The second-order valence-electron chi connectivity index (χ2n) is 7.75. The lowest BCUT2D eigenvalue weighted by atomic mass is 10.1. The molecule has 3 aromatic rings. The Labute approximate surface area is 197 Å². The largest absolute Gasteiger partial charge is 0.493 e. The molecule has 1 amide bonds. The first-order valence-corrected chi connectivity index (χ1v) is 10.6. The van der Waals surface area contributed by atoms with Crippen molar-refractivity contribution in [3.05, 3.63) is 80.7 Å². The molecule has 0 spiro atoms. The van der Waals surface area contributed by atoms with Gasteiger partial charge in [-0.25, -0.2) is 5.43 Å². The number of aryl methyl sites for hydroxylation is 2. The van der Waals surface area contributed by atoms with Crippen LogP contribution in [-0.4, -0.2) is 33.4 Å². The average molecular weight is 466 g/mol. The van der Waals surface area contributed by atoms with Crippen molar-refractivity contribution in [3.63, 3.8) is 0 Å². The number of rotatable bonds is 9. The number of nitrogens with one attached hydrogen (secondary N) is 1. The number of benzene rings is 2. The smallest absolute Gasteiger partial charge is 0.312 e. The van der Waals surface area contributed by atoms with Crippen molar-refractivity contribution < 1.29 is 19.2 Å². The maximum Gasteiger partial charge on any atom is 0.312 e. The summed E-state index contributed by atoms with van der Waals surface area (Å²) in [6, 6.07) is 13.4. The number of aromatic nitrogens is 2. The molecular formula is C24H27N5O5. The van der Waals surface area contributed by atoms with Gasteiger partial charge >= 0.3 is 5.69 Å². The molecule has 2 aromatic carbocycles. The van der Waals surface area contributed by atoms with E-state index in [2.05, 4.69) is 15.6 Å². The molecule has 3 rings (SSSR count). The summed E-state index contributed by atoms with van der Waals surface area (Å²) in [5.41, 5.74) is 6.46. The van der Waals surface area contributed by atoms with Gasteiger partial charge in [0.1, 0.15) is 24.5 Å². The third kappa shape index (κ3) is 5.58. The standard InChI is InChI=1S/C24H27N5O5/c1-15-8-6-7-9-20(15)14-34-21-11-10-19(12-22(21)33-5)16(2)25-26-23(30)13-28-18(4)24(29(31)32)17(3)27-28/h6-12H,13-14H2,1-5H3,(H,26,30)/b25-16+. The quantitative estimate of drug-likeness (QED) is 0.291. The molecule has 0 saturated carbocycles. The maximum atomic E-state index is 12.3. The summed E-state index contributed by atoms with van der Waals surface area (Å²) in [4.78, 5) is 22.9. The molecule has 34 heavy (non-hydrogen) atoms. The fourth-order valence-corrected chi connectivity index (χ4v) is 3.43. The Kier molecular flexibility index (Phi) is 7.62. The molecule has 1 heterocycles. The van der Waals surface area contributed by atoms with Crippen molar-refractivity contribution in [1.82, 2.24) is 15.2 Å². The molecule has 1 aromatic heterocycles. The van der Waals surface area contributed by atoms with E-state index in [4.69, 9.17) is 9.47 Å². The summed E-state index contributed by atoms with van der Waals surface area (Å²) >= 11 is 0. The topological polar surface area (TPSA) is 121 Å². The Bertz CT molecular complexity index is 1250. The van der Waals surface area contributed by atoms with Gasteiger partial charge in [0.05, 0.1) is 17.7 Å². The summed E-state index contributed by atoms with van der Waals surface area (Å²) in [5, 5.41) is 19.3. The number of hydrogen-bond acceptors (Lipinski definition) is 7. The highest BCUT2D eigenvalue weighted by Gasteiger charge is 2.22. The van der Waals surface area contributed by atoms with E-state index in [0.717, 1.165) is 16.7 Å². The van der Waals surface area contributed by atoms with Gasteiger partial charge in [-0.1, -0.05) is 24.3 Å². The van der Waals surface area contributed by atoms with E-state index in [1.54, 1.807) is 33.1 Å². The summed E-state index contributed by atoms with van der Waals surface area (Å²) < 4.78 is 12.7. The molecule has 0 saturated heterocycles. The zero-order valence-electron chi connectivity index (χ0n) is 19.8. The predicted octanol–water partition coefficient (Wildman–Crippen LogP) is 3.84. The van der Waals surface area contributed by atoms with E-state index >= 15 is 0 Å². The van der Waals surface area contributed by atoms with E-state index in [1.807, 2.05) is 37.3 Å². The number of amides is 1. The van der Waals surface area contributed by atoms with Crippen LogP contribution in [0.2, 0.25) is 0 Å². The second kappa shape index (κ2) is 10.6. The second-order valence-corrected chi connectivity index (χ2v) is 7.75. The Balaban J connectivity index is 1.67. The molecular weight excluding hydrogens is 438 g/mol. The van der Waals surface area contributed by atoms with Gasteiger partial charge in [0, 0.05) is 5.56 Å². The Morgan fingerprint density at radius 2 is 1.91 bits per heavy atom. The van der Waals surface area contributed by atoms with Crippen molar-refractivity contribution in [1.29, 1.82) is 0 Å². The average Bonchev–Trinajstić information content (AvgIpc) is 3.09. The van der Waals surface area contributed by atoms with Crippen LogP contribution in [0.25, 0.3) is 0 Å². The lowest BCUT2D eigenvalue weighted by molar-refractivity contribution is -0.386. The number of methoxy groups -OCH3 is 1. The van der Waals surface area contributed by atoms with Gasteiger partial charge in [0.25, 0.3) is 5.91 Å². The van der Waals surface area contributed by atoms with Crippen molar-refractivity contribution in [2.75, 3.05) is 7.11 Å². The van der Waals surface area contributed by atoms with Gasteiger partial charge in [-0.2, -0.15) is 10.2 Å². The van der Waals surface area contributed by atoms with Gasteiger partial charge in [0.2, 0.25) is 0 Å². The molecule has 0 radical (unpaired) electrons. The molecule has 0 bridgehead atoms. The number of nitro groups is 1. The SMILES string of the molecule is COc1cc(/C(C)=N/NC(=O)Cn2nc(C)c([N+](=O)[O-])c2C)ccc1OCc1ccccc1C. The molecule has 0 fully saturated rings. The third-order valence-electron chi connectivity index (χ3n) is 5.39. The van der Waals surface area contributed by atoms with E-state index < -0.39 is 10.8 Å². The first kappa shape index (κ1) is 24.4. The highest BCUT2D eigenvalue weighted by atomic mass is 16.6. The molecule has 178 valence electrons. The van der Waals surface area contributed by atoms with Gasteiger partial charge in [-0.15, -0.1) is 0 Å². The summed E-state index contributed by atoms with van der Waals surface area (Å²) in [6.45, 7) is 7.08. The number of hydrogen-bond donors (Lipinski definition) is 1. The fraction of sp³-hybridized carbons (Fsp3) is 0.292. The van der Waals surface area contributed by atoms with Crippen LogP contribution in [0.3, 0.4) is 0 Å². The van der Waals surface area contributed by atoms with Crippen LogP contribution in [0.15, 0.2) is 47.6 Å². The maximum absolute atomic E-state index is 12.3. The first-order chi connectivity index (χ1) is 16.2. The molecule has 0 unspecified atom stereocenters. The molecule has 1 N–H and O–H groups in total. The zero-order chi connectivity index (χ0) is 24.8. The van der Waals surface area contributed by atoms with Crippen molar-refractivity contribution in [2.24, 2.45) is 5.10 Å². The van der Waals surface area contributed by atoms with Crippen molar-refractivity contribution in [2.45, 2.75) is 40.8 Å². The summed E-state index contributed by atoms with van der Waals surface area (Å²) in [6.07, 6.45) is 0. The normalized spacial score (nSPS) is 11.3. The lowest BCUT2D eigenvalue weighted by Crippen LogP contribution is -2.25. The third-order valence-corrected chi connectivity index (χ3v) is 5.39. The van der Waals surface area contributed by atoms with Gasteiger partial charge in [-0.05, 0) is 57.0 Å². The van der Waals surface area contributed by atoms with Crippen molar-refractivity contribution >= 4 is 17.3 Å². The molecule has 0 atom stereocenters. The van der Waals surface area contributed by atoms with Crippen LogP contribution >= 0.6 is 0 Å². The Hall–Kier alpha value is -4.21. The Morgan fingerprint density at radius 3 is 2.56 bits per heavy atom. The lowest BCUT2D eigenvalue weighted by Gasteiger charge is -2.13. The monoisotopic (exact) mass is 465 g/mol. The fourth-order valence-electron chi connectivity index (χ4n) is 3.43. The highest BCUT2D eigenvalue weighted by molar-refractivity contribution is 5.99. The zero-order valence-corrected chi connectivity index (χ0v) is 19.8. The molecule has 0 aliphatic carbocycles. The molecule has 0 aliphatic heterocycles. The number of carbonyl (C=O) groups excluding carboxylic acids is 1. The summed E-state index contributed by atoms with van der Waals surface area (Å²) in [5.74, 6) is 0.685. The van der Waals surface area contributed by atoms with Gasteiger partial charge < -0.3 is 9.47 Å². The van der Waals surface area contributed by atoms with Crippen LogP contribution in [0.1, 0.15) is 35.0 Å². The molecule has 10 nitrogen and oxygen atoms in total. The van der Waals surface area contributed by atoms with E-state index in [9.17, 15) is 14.9 Å². The predicted molar refractivity (Wildman–Crippen MR) is 127 cm³/mol. The van der Waals surface area contributed by atoms with Crippen LogP contribution in [-0.2, 0) is 17.9 Å². The van der Waals surface area contributed by atoms with Crippen LogP contribution in [0, 0.1) is 30.9 Å². The number of hydrazone groups is 1. The van der Waals surface area contributed by atoms with Crippen LogP contribution < -0.4 is 14.9 Å². The van der Waals surface area contributed by atoms with E-state index in [0.29, 0.717) is 29.5 Å². The number of carbonyl (C=O) groups is 1. The Morgan fingerprint density at radius 1 is 1.18 bits per heavy atom.